The van der Waals surface area contributed by atoms with Gasteiger partial charge in [0.2, 0.25) is 0 Å². The highest BCUT2D eigenvalue weighted by molar-refractivity contribution is 5.92. The van der Waals surface area contributed by atoms with E-state index in [0.29, 0.717) is 49.5 Å². The zero-order valence-corrected chi connectivity index (χ0v) is 17.9. The summed E-state index contributed by atoms with van der Waals surface area (Å²) in [7, 11) is 1.56. The van der Waals surface area contributed by atoms with Crippen molar-refractivity contribution in [2.75, 3.05) is 38.1 Å². The summed E-state index contributed by atoms with van der Waals surface area (Å²) in [6.45, 7) is 4.68. The number of hydrogen-bond donors (Lipinski definition) is 2. The number of amides is 1. The lowest BCUT2D eigenvalue weighted by Crippen LogP contribution is -2.46. The molecule has 3 aromatic rings. The molecule has 1 saturated heterocycles. The van der Waals surface area contributed by atoms with Crippen LogP contribution in [0.2, 0.25) is 0 Å². The standard InChI is InChI=1S/C22H24F2N6O2/c1-13-21(31)28-19-16(27-13)5-3-14(18(19)20(23)24)12-29-7-9-30(10-8-29)15-4-6-17(26-11-15)22(32)25-2/h3-6,11,20H,7-10,12H2,1-2H3,(H,25,32)(H,28,31). The van der Waals surface area contributed by atoms with Crippen molar-refractivity contribution in [1.29, 1.82) is 0 Å². The number of aromatic nitrogens is 3. The summed E-state index contributed by atoms with van der Waals surface area (Å²) in [4.78, 5) is 38.8. The molecule has 0 saturated carbocycles. The van der Waals surface area contributed by atoms with Gasteiger partial charge in [0.15, 0.2) is 0 Å². The molecular weight excluding hydrogens is 418 g/mol. The van der Waals surface area contributed by atoms with Crippen molar-refractivity contribution in [3.05, 3.63) is 63.3 Å². The van der Waals surface area contributed by atoms with Crippen molar-refractivity contribution in [3.8, 4) is 0 Å². The van der Waals surface area contributed by atoms with Gasteiger partial charge in [-0.2, -0.15) is 0 Å². The van der Waals surface area contributed by atoms with Gasteiger partial charge in [0, 0.05) is 45.3 Å². The third-order valence-electron chi connectivity index (χ3n) is 5.73. The minimum Gasteiger partial charge on any atom is -0.368 e. The van der Waals surface area contributed by atoms with E-state index >= 15 is 0 Å². The van der Waals surface area contributed by atoms with Crippen molar-refractivity contribution < 1.29 is 13.6 Å². The van der Waals surface area contributed by atoms with Gasteiger partial charge < -0.3 is 15.2 Å². The molecule has 0 bridgehead atoms. The van der Waals surface area contributed by atoms with Crippen molar-refractivity contribution in [1.82, 2.24) is 25.2 Å². The quantitative estimate of drug-likeness (QED) is 0.630. The fourth-order valence-electron chi connectivity index (χ4n) is 3.94. The molecule has 168 valence electrons. The second-order valence-corrected chi connectivity index (χ2v) is 7.73. The van der Waals surface area contributed by atoms with Crippen LogP contribution in [0, 0.1) is 6.92 Å². The predicted octanol–water partition coefficient (Wildman–Crippen LogP) is 2.25. The maximum absolute atomic E-state index is 13.9. The summed E-state index contributed by atoms with van der Waals surface area (Å²) in [5.41, 5.74) is 1.85. The van der Waals surface area contributed by atoms with Crippen molar-refractivity contribution in [3.63, 3.8) is 0 Å². The first-order valence-electron chi connectivity index (χ1n) is 10.3. The van der Waals surface area contributed by atoms with E-state index in [1.807, 2.05) is 6.07 Å². The van der Waals surface area contributed by atoms with E-state index in [9.17, 15) is 18.4 Å². The van der Waals surface area contributed by atoms with Gasteiger partial charge in [0.1, 0.15) is 11.4 Å². The number of carbonyl (C=O) groups excluding carboxylic acids is 1. The zero-order chi connectivity index (χ0) is 22.8. The van der Waals surface area contributed by atoms with Gasteiger partial charge in [-0.15, -0.1) is 0 Å². The fourth-order valence-corrected chi connectivity index (χ4v) is 3.94. The smallest absolute Gasteiger partial charge is 0.269 e. The number of nitrogens with one attached hydrogen (secondary N) is 2. The zero-order valence-electron chi connectivity index (χ0n) is 17.9. The molecular formula is C22H24F2N6O2. The lowest BCUT2D eigenvalue weighted by atomic mass is 10.0. The normalized spacial score (nSPS) is 14.8. The van der Waals surface area contributed by atoms with Crippen LogP contribution in [0.25, 0.3) is 11.0 Å². The van der Waals surface area contributed by atoms with E-state index in [1.54, 1.807) is 38.4 Å². The Morgan fingerprint density at radius 2 is 1.94 bits per heavy atom. The molecule has 1 aliphatic rings. The summed E-state index contributed by atoms with van der Waals surface area (Å²) in [5, 5.41) is 2.54. The average Bonchev–Trinajstić information content (AvgIpc) is 2.80. The molecule has 8 nitrogen and oxygen atoms in total. The first kappa shape index (κ1) is 21.8. The van der Waals surface area contributed by atoms with Crippen molar-refractivity contribution in [2.45, 2.75) is 19.9 Å². The van der Waals surface area contributed by atoms with Gasteiger partial charge >= 0.3 is 0 Å². The number of pyridine rings is 1. The van der Waals surface area contributed by atoms with E-state index < -0.39 is 12.0 Å². The molecule has 2 N–H and O–H groups in total. The molecule has 32 heavy (non-hydrogen) atoms. The number of hydrogen-bond acceptors (Lipinski definition) is 6. The Hall–Kier alpha value is -3.40. The van der Waals surface area contributed by atoms with Crippen molar-refractivity contribution in [2.24, 2.45) is 0 Å². The van der Waals surface area contributed by atoms with E-state index in [2.05, 4.69) is 30.1 Å². The molecule has 0 spiro atoms. The number of aryl methyl sites for hydroxylation is 1. The number of H-pyrrole nitrogens is 1. The third kappa shape index (κ3) is 4.31. The van der Waals surface area contributed by atoms with Gasteiger partial charge in [-0.05, 0) is 30.7 Å². The predicted molar refractivity (Wildman–Crippen MR) is 117 cm³/mol. The van der Waals surface area contributed by atoms with Crippen LogP contribution in [0.4, 0.5) is 14.5 Å². The first-order chi connectivity index (χ1) is 15.4. The second kappa shape index (κ2) is 8.99. The number of rotatable bonds is 5. The lowest BCUT2D eigenvalue weighted by molar-refractivity contribution is 0.0958. The molecule has 0 radical (unpaired) electrons. The largest absolute Gasteiger partial charge is 0.368 e. The Morgan fingerprint density at radius 3 is 2.56 bits per heavy atom. The Bertz CT molecular complexity index is 1190. The number of aromatic amines is 1. The number of alkyl halides is 2. The van der Waals surface area contributed by atoms with Gasteiger partial charge in [0.05, 0.1) is 22.9 Å². The fraction of sp³-hybridized carbons (Fsp3) is 0.364. The van der Waals surface area contributed by atoms with Crippen LogP contribution in [0.1, 0.15) is 33.7 Å². The number of anilines is 1. The minimum atomic E-state index is -2.72. The number of fused-ring (bicyclic) bond motifs is 1. The number of benzene rings is 1. The third-order valence-corrected chi connectivity index (χ3v) is 5.73. The summed E-state index contributed by atoms with van der Waals surface area (Å²) < 4.78 is 27.9. The summed E-state index contributed by atoms with van der Waals surface area (Å²) >= 11 is 0. The molecule has 3 heterocycles. The minimum absolute atomic E-state index is 0.106. The highest BCUT2D eigenvalue weighted by Crippen LogP contribution is 2.30. The molecule has 0 unspecified atom stereocenters. The average molecular weight is 442 g/mol. The van der Waals surface area contributed by atoms with Crippen LogP contribution in [-0.2, 0) is 6.54 Å². The van der Waals surface area contributed by atoms with Crippen molar-refractivity contribution >= 4 is 22.6 Å². The van der Waals surface area contributed by atoms with E-state index in [-0.39, 0.29) is 22.7 Å². The Balaban J connectivity index is 1.48. The Labute approximate surface area is 183 Å². The molecule has 1 fully saturated rings. The Morgan fingerprint density at radius 1 is 1.19 bits per heavy atom. The van der Waals surface area contributed by atoms with Gasteiger partial charge in [-0.3, -0.25) is 14.5 Å². The van der Waals surface area contributed by atoms with Crippen LogP contribution >= 0.6 is 0 Å². The van der Waals surface area contributed by atoms with Gasteiger partial charge in [-0.25, -0.2) is 18.7 Å². The van der Waals surface area contributed by atoms with Crippen LogP contribution in [0.5, 0.6) is 0 Å². The lowest BCUT2D eigenvalue weighted by Gasteiger charge is -2.36. The SMILES string of the molecule is CNC(=O)c1ccc(N2CCN(Cc3ccc4nc(C)c(=O)[nH]c4c3C(F)F)CC2)cn1. The summed E-state index contributed by atoms with van der Waals surface area (Å²) in [6, 6.07) is 6.88. The van der Waals surface area contributed by atoms with Crippen LogP contribution in [0.3, 0.4) is 0 Å². The van der Waals surface area contributed by atoms with Crippen LogP contribution in [-0.4, -0.2) is 59.0 Å². The topological polar surface area (TPSA) is 94.2 Å². The second-order valence-electron chi connectivity index (χ2n) is 7.73. The molecule has 1 amide bonds. The maximum Gasteiger partial charge on any atom is 0.269 e. The van der Waals surface area contributed by atoms with Crippen LogP contribution in [0.15, 0.2) is 35.3 Å². The number of carbonyl (C=O) groups is 1. The molecule has 4 rings (SSSR count). The molecule has 1 aliphatic heterocycles. The van der Waals surface area contributed by atoms with Crippen LogP contribution < -0.4 is 15.8 Å². The number of piperazine rings is 1. The van der Waals surface area contributed by atoms with E-state index in [0.717, 1.165) is 5.69 Å². The first-order valence-corrected chi connectivity index (χ1v) is 10.3. The number of halogens is 2. The molecule has 2 aromatic heterocycles. The monoisotopic (exact) mass is 442 g/mol. The van der Waals surface area contributed by atoms with Gasteiger partial charge in [-0.1, -0.05) is 6.07 Å². The van der Waals surface area contributed by atoms with E-state index in [1.165, 1.54) is 0 Å². The molecule has 10 heteroatoms. The number of nitrogens with zero attached hydrogens (tertiary/aromatic N) is 4. The maximum atomic E-state index is 13.9. The summed E-state index contributed by atoms with van der Waals surface area (Å²) in [5.74, 6) is -0.238. The molecule has 0 atom stereocenters. The summed E-state index contributed by atoms with van der Waals surface area (Å²) in [6.07, 6.45) is -1.05. The highest BCUT2D eigenvalue weighted by atomic mass is 19.3. The van der Waals surface area contributed by atoms with Gasteiger partial charge in [0.25, 0.3) is 17.9 Å². The highest BCUT2D eigenvalue weighted by Gasteiger charge is 2.23. The van der Waals surface area contributed by atoms with E-state index in [4.69, 9.17) is 0 Å². The Kier molecular flexibility index (Phi) is 6.13. The molecule has 1 aromatic carbocycles. The molecule has 0 aliphatic carbocycles.